The van der Waals surface area contributed by atoms with Gasteiger partial charge in [0.25, 0.3) is 0 Å². The van der Waals surface area contributed by atoms with Crippen molar-refractivity contribution in [3.8, 4) is 5.75 Å². The molecule has 0 saturated heterocycles. The first-order valence-electron chi connectivity index (χ1n) is 9.46. The van der Waals surface area contributed by atoms with Crippen LogP contribution in [0.2, 0.25) is 0 Å². The molecule has 1 aromatic rings. The van der Waals surface area contributed by atoms with Gasteiger partial charge in [0.15, 0.2) is 0 Å². The number of nitrogens with one attached hydrogen (secondary N) is 1. The molecule has 0 radical (unpaired) electrons. The summed E-state index contributed by atoms with van der Waals surface area (Å²) in [5.41, 5.74) is 3.63. The van der Waals surface area contributed by atoms with E-state index >= 15 is 0 Å². The molecular formula is C20H27NO5S. The Morgan fingerprint density at radius 1 is 1.33 bits per heavy atom. The van der Waals surface area contributed by atoms with Crippen LogP contribution in [0.3, 0.4) is 0 Å². The van der Waals surface area contributed by atoms with E-state index in [1.165, 1.54) is 18.2 Å². The lowest BCUT2D eigenvalue weighted by molar-refractivity contribution is -0.0178. The number of anilines is 1. The predicted molar refractivity (Wildman–Crippen MR) is 103 cm³/mol. The molecule has 4 rings (SSSR count). The molecule has 0 aromatic heterocycles. The second-order valence-corrected chi connectivity index (χ2v) is 9.69. The molecule has 7 heteroatoms. The Bertz CT molecular complexity index is 896. The maximum Gasteiger partial charge on any atom is 0.357 e. The van der Waals surface area contributed by atoms with E-state index in [0.717, 1.165) is 31.2 Å². The van der Waals surface area contributed by atoms with Gasteiger partial charge in [-0.1, -0.05) is 19.1 Å². The maximum absolute atomic E-state index is 11.2. The van der Waals surface area contributed by atoms with E-state index in [9.17, 15) is 13.5 Å². The second-order valence-electron chi connectivity index (χ2n) is 8.54. The normalized spacial score (nSPS) is 35.2. The van der Waals surface area contributed by atoms with Crippen molar-refractivity contribution >= 4 is 16.0 Å². The fourth-order valence-corrected chi connectivity index (χ4v) is 6.41. The summed E-state index contributed by atoms with van der Waals surface area (Å²) in [6.45, 7) is 6.48. The highest BCUT2D eigenvalue weighted by Gasteiger charge is 2.56. The Labute approximate surface area is 160 Å². The summed E-state index contributed by atoms with van der Waals surface area (Å²) in [5.74, 6) is 1.51. The number of aliphatic hydroxyl groups excluding tert-OH is 1. The Morgan fingerprint density at radius 2 is 2.07 bits per heavy atom. The smallest absolute Gasteiger partial charge is 0.357 e. The molecule has 0 aliphatic heterocycles. The van der Waals surface area contributed by atoms with Gasteiger partial charge in [-0.3, -0.25) is 9.27 Å². The SMILES string of the molecule is C=C1C[C@H](O)[C@@]2(C)CCC3c4cc(OC)c(NS(=O)(=O)O)cc4CCC3[C@H]12. The zero-order chi connectivity index (χ0) is 19.6. The van der Waals surface area contributed by atoms with E-state index in [-0.39, 0.29) is 17.2 Å². The Kier molecular flexibility index (Phi) is 4.33. The van der Waals surface area contributed by atoms with Crippen LogP contribution < -0.4 is 9.46 Å². The lowest BCUT2D eigenvalue weighted by Gasteiger charge is -2.50. The molecule has 148 valence electrons. The summed E-state index contributed by atoms with van der Waals surface area (Å²) >= 11 is 0. The molecular weight excluding hydrogens is 366 g/mol. The van der Waals surface area contributed by atoms with Crippen molar-refractivity contribution in [1.82, 2.24) is 0 Å². The minimum Gasteiger partial charge on any atom is -0.495 e. The summed E-state index contributed by atoms with van der Waals surface area (Å²) in [5, 5.41) is 10.6. The predicted octanol–water partition coefficient (Wildman–Crippen LogP) is 3.29. The average molecular weight is 394 g/mol. The van der Waals surface area contributed by atoms with Crippen molar-refractivity contribution in [2.75, 3.05) is 11.8 Å². The lowest BCUT2D eigenvalue weighted by atomic mass is 9.55. The largest absolute Gasteiger partial charge is 0.495 e. The van der Waals surface area contributed by atoms with Crippen LogP contribution in [0.4, 0.5) is 5.69 Å². The molecule has 2 saturated carbocycles. The Hall–Kier alpha value is -1.57. The van der Waals surface area contributed by atoms with Crippen molar-refractivity contribution in [2.24, 2.45) is 17.3 Å². The van der Waals surface area contributed by atoms with E-state index in [1.54, 1.807) is 6.07 Å². The molecule has 2 unspecified atom stereocenters. The number of benzene rings is 1. The molecule has 5 atom stereocenters. The van der Waals surface area contributed by atoms with Gasteiger partial charge in [0.2, 0.25) is 0 Å². The van der Waals surface area contributed by atoms with Crippen molar-refractivity contribution in [1.29, 1.82) is 0 Å². The van der Waals surface area contributed by atoms with Crippen molar-refractivity contribution in [3.05, 3.63) is 35.4 Å². The Morgan fingerprint density at radius 3 is 2.74 bits per heavy atom. The van der Waals surface area contributed by atoms with Gasteiger partial charge in [-0.15, -0.1) is 0 Å². The van der Waals surface area contributed by atoms with E-state index < -0.39 is 10.3 Å². The second kappa shape index (κ2) is 6.22. The van der Waals surface area contributed by atoms with Crippen LogP contribution in [0.5, 0.6) is 5.75 Å². The zero-order valence-electron chi connectivity index (χ0n) is 15.7. The van der Waals surface area contributed by atoms with Crippen molar-refractivity contribution in [2.45, 2.75) is 51.0 Å². The van der Waals surface area contributed by atoms with Crippen LogP contribution in [0, 0.1) is 17.3 Å². The summed E-state index contributed by atoms with van der Waals surface area (Å²) in [7, 11) is -2.87. The van der Waals surface area contributed by atoms with Gasteiger partial charge >= 0.3 is 10.3 Å². The van der Waals surface area contributed by atoms with Gasteiger partial charge in [0.1, 0.15) is 5.75 Å². The third-order valence-electron chi connectivity index (χ3n) is 7.15. The lowest BCUT2D eigenvalue weighted by Crippen LogP contribution is -2.44. The van der Waals surface area contributed by atoms with Crippen molar-refractivity contribution < 1.29 is 22.8 Å². The van der Waals surface area contributed by atoms with Crippen LogP contribution in [0.25, 0.3) is 0 Å². The fraction of sp³-hybridized carbons (Fsp3) is 0.600. The summed E-state index contributed by atoms with van der Waals surface area (Å²) in [4.78, 5) is 0. The summed E-state index contributed by atoms with van der Waals surface area (Å²) < 4.78 is 39.2. The minimum absolute atomic E-state index is 0.0910. The fourth-order valence-electron chi connectivity index (χ4n) is 5.97. The first-order valence-corrected chi connectivity index (χ1v) is 10.9. The zero-order valence-corrected chi connectivity index (χ0v) is 16.6. The first-order chi connectivity index (χ1) is 12.6. The van der Waals surface area contributed by atoms with Crippen molar-refractivity contribution in [3.63, 3.8) is 0 Å². The van der Waals surface area contributed by atoms with Gasteiger partial charge in [0.05, 0.1) is 18.9 Å². The van der Waals surface area contributed by atoms with Crippen LogP contribution in [-0.2, 0) is 16.7 Å². The standard InChI is InChI=1S/C20H27NO5S/c1-11-8-18(22)20(2)7-6-13-14(19(11)20)5-4-12-9-16(21-27(23,24)25)17(26-3)10-15(12)13/h9-10,13-14,18-19,21-22H,1,4-8H2,2-3H3,(H,23,24,25)/t13?,14?,18-,19-,20+/m0/s1. The van der Waals surface area contributed by atoms with Gasteiger partial charge in [-0.2, -0.15) is 8.42 Å². The monoisotopic (exact) mass is 393 g/mol. The molecule has 6 nitrogen and oxygen atoms in total. The molecule has 3 aliphatic carbocycles. The first kappa shape index (κ1) is 18.8. The highest BCUT2D eigenvalue weighted by atomic mass is 32.2. The number of ether oxygens (including phenoxy) is 1. The van der Waals surface area contributed by atoms with Crippen LogP contribution >= 0.6 is 0 Å². The van der Waals surface area contributed by atoms with Crippen LogP contribution in [0.15, 0.2) is 24.3 Å². The van der Waals surface area contributed by atoms with E-state index in [1.807, 2.05) is 6.07 Å². The number of aryl methyl sites for hydroxylation is 1. The molecule has 3 aliphatic rings. The van der Waals surface area contributed by atoms with Crippen LogP contribution in [-0.4, -0.2) is 31.3 Å². The van der Waals surface area contributed by atoms with Gasteiger partial charge in [-0.05, 0) is 73.1 Å². The minimum atomic E-state index is -4.36. The quantitative estimate of drug-likeness (QED) is 0.541. The molecule has 27 heavy (non-hydrogen) atoms. The van der Waals surface area contributed by atoms with E-state index in [4.69, 9.17) is 9.29 Å². The number of hydrogen-bond acceptors (Lipinski definition) is 4. The Balaban J connectivity index is 1.73. The maximum atomic E-state index is 11.2. The number of aliphatic hydroxyl groups is 1. The molecule has 0 bridgehead atoms. The summed E-state index contributed by atoms with van der Waals surface area (Å²) in [6.07, 6.45) is 4.14. The average Bonchev–Trinajstić information content (AvgIpc) is 2.81. The topological polar surface area (TPSA) is 95.9 Å². The molecule has 2 fully saturated rings. The third kappa shape index (κ3) is 2.96. The van der Waals surface area contributed by atoms with Gasteiger partial charge in [-0.25, -0.2) is 0 Å². The number of hydrogen-bond donors (Lipinski definition) is 3. The van der Waals surface area contributed by atoms with Gasteiger partial charge < -0.3 is 9.84 Å². The molecule has 0 amide bonds. The highest BCUT2D eigenvalue weighted by molar-refractivity contribution is 7.87. The van der Waals surface area contributed by atoms with Crippen LogP contribution in [0.1, 0.15) is 49.7 Å². The summed E-state index contributed by atoms with van der Waals surface area (Å²) in [6, 6.07) is 3.70. The van der Waals surface area contributed by atoms with E-state index in [2.05, 4.69) is 18.2 Å². The number of fused-ring (bicyclic) bond motifs is 5. The highest BCUT2D eigenvalue weighted by Crippen LogP contribution is 2.62. The van der Waals surface area contributed by atoms with Gasteiger partial charge in [0, 0.05) is 5.41 Å². The third-order valence-corrected chi connectivity index (χ3v) is 7.63. The number of rotatable bonds is 3. The molecule has 0 heterocycles. The number of methoxy groups -OCH3 is 1. The molecule has 3 N–H and O–H groups in total. The molecule has 0 spiro atoms. The molecule has 1 aromatic carbocycles. The van der Waals surface area contributed by atoms with E-state index in [0.29, 0.717) is 29.9 Å².